The van der Waals surface area contributed by atoms with E-state index < -0.39 is 50.1 Å². The fourth-order valence-corrected chi connectivity index (χ4v) is 6.83. The summed E-state index contributed by atoms with van der Waals surface area (Å²) in [5.41, 5.74) is 5.93. The van der Waals surface area contributed by atoms with Crippen molar-refractivity contribution in [2.75, 3.05) is 18.9 Å². The first-order valence-corrected chi connectivity index (χ1v) is 16.7. The molecular formula is C18H21N9O9P2S2. The molecule has 6 atom stereocenters. The van der Waals surface area contributed by atoms with Crippen LogP contribution in [0.15, 0.2) is 23.6 Å². The SMILES string of the molecule is Nc1nc2c(ncn2[C@@H]2O[C@@H]3COP(O)(=S)OCCn4c(nc5cncnc54)COP(O)(=S)O[C@@H]2[C@@H]3O)c(=O)[nH]1. The molecular weight excluding hydrogens is 612 g/mol. The molecule has 22 heteroatoms. The predicted molar refractivity (Wildman–Crippen MR) is 142 cm³/mol. The van der Waals surface area contributed by atoms with E-state index in [2.05, 4.69) is 29.9 Å². The standard InChI is InChI=1S/C18H21N9O9P2S2/c19-18-24-15-11(16(29)25-18)22-7-27(15)17-13-12(28)9(35-17)4-33-37(30,39)32-2-1-26-10(5-34-38(31,40)36-13)23-8-3-20-6-21-14(8)26/h3,6-7,9,12-13,17,28H,1-2,4-5H2,(H,30,39)(H,31,40)(H3,19,24,25,29)/t9-,12-,13-,17-,37?,38?/m1/s1. The zero-order valence-corrected chi connectivity index (χ0v) is 23.5. The quantitative estimate of drug-likeness (QED) is 0.161. The number of nitrogens with one attached hydrogen (secondary N) is 1. The Bertz CT molecular complexity index is 1750. The lowest BCUT2D eigenvalue weighted by molar-refractivity contribution is -0.0483. The molecule has 0 amide bonds. The molecule has 0 spiro atoms. The summed E-state index contributed by atoms with van der Waals surface area (Å²) in [5.74, 6) is 0.107. The number of ether oxygens (including phenoxy) is 1. The number of fused-ring (bicyclic) bond motifs is 6. The lowest BCUT2D eigenvalue weighted by atomic mass is 10.1. The van der Waals surface area contributed by atoms with Crippen molar-refractivity contribution < 1.29 is 37.7 Å². The highest BCUT2D eigenvalue weighted by molar-refractivity contribution is 8.07. The molecule has 1 fully saturated rings. The van der Waals surface area contributed by atoms with Gasteiger partial charge in [0.05, 0.1) is 25.7 Å². The molecule has 4 aromatic heterocycles. The Morgan fingerprint density at radius 3 is 2.77 bits per heavy atom. The number of nitrogen functional groups attached to an aromatic ring is 1. The van der Waals surface area contributed by atoms with Crippen LogP contribution in [0.2, 0.25) is 0 Å². The number of nitrogens with two attached hydrogens (primary N) is 1. The minimum Gasteiger partial charge on any atom is -0.387 e. The Morgan fingerprint density at radius 1 is 1.12 bits per heavy atom. The highest BCUT2D eigenvalue weighted by atomic mass is 32.5. The summed E-state index contributed by atoms with van der Waals surface area (Å²) in [6.45, 7) is -8.56. The van der Waals surface area contributed by atoms with E-state index >= 15 is 0 Å². The van der Waals surface area contributed by atoms with Gasteiger partial charge < -0.3 is 43.5 Å². The average molecular weight is 634 g/mol. The third-order valence-electron chi connectivity index (χ3n) is 6.11. The molecule has 0 radical (unpaired) electrons. The maximum atomic E-state index is 12.3. The van der Waals surface area contributed by atoms with Gasteiger partial charge in [-0.2, -0.15) is 4.98 Å². The van der Waals surface area contributed by atoms with Crippen molar-refractivity contribution in [1.29, 1.82) is 0 Å². The fraction of sp³-hybridized carbons (Fsp3) is 0.444. The van der Waals surface area contributed by atoms with E-state index in [1.807, 2.05) is 0 Å². The smallest absolute Gasteiger partial charge is 0.325 e. The molecule has 40 heavy (non-hydrogen) atoms. The summed E-state index contributed by atoms with van der Waals surface area (Å²) in [6, 6.07) is 0. The zero-order valence-electron chi connectivity index (χ0n) is 20.1. The number of aliphatic hydroxyl groups is 1. The number of imidazole rings is 2. The number of anilines is 1. The van der Waals surface area contributed by atoms with Gasteiger partial charge >= 0.3 is 13.4 Å². The van der Waals surface area contributed by atoms with Crippen LogP contribution >= 0.6 is 13.4 Å². The van der Waals surface area contributed by atoms with Gasteiger partial charge in [-0.05, 0) is 23.6 Å². The maximum Gasteiger partial charge on any atom is 0.325 e. The highest BCUT2D eigenvalue weighted by Crippen LogP contribution is 2.51. The summed E-state index contributed by atoms with van der Waals surface area (Å²) in [7, 11) is 0. The number of aromatic nitrogens is 8. The molecule has 1 saturated heterocycles. The molecule has 0 aromatic carbocycles. The first kappa shape index (κ1) is 27.8. The molecule has 18 nitrogen and oxygen atoms in total. The van der Waals surface area contributed by atoms with Gasteiger partial charge in [0.25, 0.3) is 5.56 Å². The Balaban J connectivity index is 1.38. The van der Waals surface area contributed by atoms with E-state index in [1.165, 1.54) is 23.4 Å². The number of H-pyrrole nitrogens is 1. The third kappa shape index (κ3) is 5.34. The summed E-state index contributed by atoms with van der Waals surface area (Å²) < 4.78 is 31.2. The van der Waals surface area contributed by atoms with Crippen molar-refractivity contribution >= 4 is 65.3 Å². The number of aromatic amines is 1. The van der Waals surface area contributed by atoms with Crippen LogP contribution in [0, 0.1) is 0 Å². The van der Waals surface area contributed by atoms with Gasteiger partial charge in [-0.1, -0.05) is 0 Å². The van der Waals surface area contributed by atoms with Crippen LogP contribution < -0.4 is 11.3 Å². The fourth-order valence-electron chi connectivity index (χ4n) is 4.37. The number of nitrogens with zero attached hydrogens (tertiary/aromatic N) is 7. The van der Waals surface area contributed by atoms with Crippen molar-refractivity contribution in [2.24, 2.45) is 0 Å². The molecule has 4 aromatic rings. The molecule has 6 rings (SSSR count). The first-order chi connectivity index (χ1) is 19.0. The number of hydrogen-bond acceptors (Lipinski definition) is 15. The van der Waals surface area contributed by atoms with E-state index in [-0.39, 0.29) is 36.9 Å². The second-order valence-electron chi connectivity index (χ2n) is 8.65. The number of rotatable bonds is 1. The van der Waals surface area contributed by atoms with Crippen molar-refractivity contribution in [1.82, 2.24) is 39.0 Å². The second-order valence-corrected chi connectivity index (χ2v) is 14.3. The molecule has 214 valence electrons. The predicted octanol–water partition coefficient (Wildman–Crippen LogP) is -0.818. The maximum absolute atomic E-state index is 12.3. The van der Waals surface area contributed by atoms with Gasteiger partial charge in [-0.3, -0.25) is 18.9 Å². The molecule has 2 aliphatic rings. The van der Waals surface area contributed by atoms with Crippen molar-refractivity contribution in [2.45, 2.75) is 37.7 Å². The van der Waals surface area contributed by atoms with Gasteiger partial charge in [0.1, 0.15) is 42.6 Å². The largest absolute Gasteiger partial charge is 0.387 e. The van der Waals surface area contributed by atoms with Crippen LogP contribution in [0.5, 0.6) is 0 Å². The second kappa shape index (κ2) is 10.5. The topological polar surface area (TPSA) is 240 Å². The van der Waals surface area contributed by atoms with E-state index in [0.717, 1.165) is 0 Å². The molecule has 2 unspecified atom stereocenters. The summed E-state index contributed by atoms with van der Waals surface area (Å²) in [5, 5.41) is 11.1. The minimum absolute atomic E-state index is 0.0145. The van der Waals surface area contributed by atoms with E-state index in [0.29, 0.717) is 17.0 Å². The molecule has 0 saturated carbocycles. The average Bonchev–Trinajstić information content (AvgIpc) is 3.55. The Morgan fingerprint density at radius 2 is 1.95 bits per heavy atom. The minimum atomic E-state index is -4.08. The van der Waals surface area contributed by atoms with Gasteiger partial charge in [0.2, 0.25) is 5.95 Å². The van der Waals surface area contributed by atoms with Crippen molar-refractivity contribution in [3.63, 3.8) is 0 Å². The molecule has 6 N–H and O–H groups in total. The Kier molecular flexibility index (Phi) is 7.31. The summed E-state index contributed by atoms with van der Waals surface area (Å²) in [4.78, 5) is 57.0. The molecule has 0 aliphatic carbocycles. The summed E-state index contributed by atoms with van der Waals surface area (Å²) >= 11 is 10.4. The number of hydrogen-bond donors (Lipinski definition) is 5. The van der Waals surface area contributed by atoms with Crippen LogP contribution in [0.25, 0.3) is 22.3 Å². The number of aliphatic hydroxyl groups excluding tert-OH is 1. The van der Waals surface area contributed by atoms with Crippen LogP contribution in [-0.2, 0) is 59.6 Å². The van der Waals surface area contributed by atoms with E-state index in [9.17, 15) is 19.7 Å². The normalized spacial score (nSPS) is 32.1. The zero-order chi connectivity index (χ0) is 28.2. The van der Waals surface area contributed by atoms with Crippen LogP contribution in [0.3, 0.4) is 0 Å². The monoisotopic (exact) mass is 633 g/mol. The Labute approximate surface area is 233 Å². The van der Waals surface area contributed by atoms with Crippen LogP contribution in [0.4, 0.5) is 5.95 Å². The summed E-state index contributed by atoms with van der Waals surface area (Å²) in [6.07, 6.45) is -1.21. The Hall–Kier alpha value is -2.32. The van der Waals surface area contributed by atoms with Crippen LogP contribution in [-0.4, -0.2) is 85.5 Å². The lowest BCUT2D eigenvalue weighted by Crippen LogP contribution is -2.35. The lowest BCUT2D eigenvalue weighted by Gasteiger charge is -2.26. The molecule has 6 heterocycles. The van der Waals surface area contributed by atoms with Crippen LogP contribution in [0.1, 0.15) is 12.1 Å². The van der Waals surface area contributed by atoms with Gasteiger partial charge in [0, 0.05) is 6.54 Å². The van der Waals surface area contributed by atoms with Gasteiger partial charge in [-0.15, -0.1) is 0 Å². The molecule has 2 aliphatic heterocycles. The first-order valence-electron chi connectivity index (χ1n) is 11.5. The van der Waals surface area contributed by atoms with Crippen molar-refractivity contribution in [3.8, 4) is 0 Å². The van der Waals surface area contributed by atoms with Gasteiger partial charge in [-0.25, -0.2) is 19.9 Å². The van der Waals surface area contributed by atoms with Gasteiger partial charge in [0.15, 0.2) is 23.0 Å². The third-order valence-corrected chi connectivity index (χ3v) is 9.27. The molecule has 2 bridgehead atoms. The van der Waals surface area contributed by atoms with E-state index in [4.69, 9.17) is 52.2 Å². The van der Waals surface area contributed by atoms with E-state index in [1.54, 1.807) is 4.57 Å². The highest BCUT2D eigenvalue weighted by Gasteiger charge is 2.49. The van der Waals surface area contributed by atoms with Crippen molar-refractivity contribution in [3.05, 3.63) is 35.0 Å².